The molecule has 1 aliphatic heterocycles. The van der Waals surface area contributed by atoms with Crippen molar-refractivity contribution in [2.45, 2.75) is 40.9 Å². The number of thioether (sulfide) groups is 1. The van der Waals surface area contributed by atoms with Crippen molar-refractivity contribution in [3.05, 3.63) is 46.0 Å². The summed E-state index contributed by atoms with van der Waals surface area (Å²) in [5.41, 5.74) is -1.90. The first-order valence-electron chi connectivity index (χ1n) is 9.62. The molecule has 0 bridgehead atoms. The molecule has 0 radical (unpaired) electrons. The number of aromatic nitrogens is 6. The van der Waals surface area contributed by atoms with E-state index in [9.17, 15) is 23.4 Å². The fourth-order valence-electron chi connectivity index (χ4n) is 3.48. The molecule has 3 aromatic rings. The molecular formula is C18H17BrClF3N6O4S. The average molecular weight is 586 g/mol. The van der Waals surface area contributed by atoms with Crippen LogP contribution in [0.25, 0.3) is 5.82 Å². The molecule has 0 amide bonds. The highest BCUT2D eigenvalue weighted by atomic mass is 79.9. The minimum Gasteiger partial charge on any atom is -0.394 e. The van der Waals surface area contributed by atoms with E-state index in [4.69, 9.17) is 21.1 Å². The van der Waals surface area contributed by atoms with Crippen molar-refractivity contribution in [1.29, 1.82) is 0 Å². The largest absolute Gasteiger partial charge is 0.434 e. The van der Waals surface area contributed by atoms with Crippen LogP contribution >= 0.6 is 39.3 Å². The number of aliphatic hydroxyl groups excluding tert-OH is 2. The van der Waals surface area contributed by atoms with E-state index in [1.807, 2.05) is 0 Å². The Balaban J connectivity index is 1.63. The summed E-state index contributed by atoms with van der Waals surface area (Å²) in [6.45, 7) is -0.517. The molecule has 5 atom stereocenters. The van der Waals surface area contributed by atoms with Gasteiger partial charge >= 0.3 is 6.18 Å². The summed E-state index contributed by atoms with van der Waals surface area (Å²) in [7, 11) is 1.40. The fourth-order valence-corrected chi connectivity index (χ4v) is 5.52. The zero-order valence-corrected chi connectivity index (χ0v) is 20.3. The van der Waals surface area contributed by atoms with Gasteiger partial charge in [0.25, 0.3) is 0 Å². The van der Waals surface area contributed by atoms with E-state index in [1.54, 1.807) is 12.3 Å². The minimum atomic E-state index is -4.61. The van der Waals surface area contributed by atoms with Crippen molar-refractivity contribution in [1.82, 2.24) is 29.8 Å². The number of aliphatic hydroxyl groups is 2. The highest BCUT2D eigenvalue weighted by Gasteiger charge is 2.47. The molecule has 1 fully saturated rings. The molecule has 0 spiro atoms. The van der Waals surface area contributed by atoms with Crippen LogP contribution in [0.5, 0.6) is 0 Å². The Morgan fingerprint density at radius 3 is 2.74 bits per heavy atom. The number of pyridine rings is 1. The van der Waals surface area contributed by atoms with Gasteiger partial charge in [-0.15, -0.1) is 5.10 Å². The van der Waals surface area contributed by atoms with E-state index in [0.29, 0.717) is 10.7 Å². The molecule has 184 valence electrons. The number of halogens is 5. The van der Waals surface area contributed by atoms with Crippen LogP contribution in [0.15, 0.2) is 40.1 Å². The van der Waals surface area contributed by atoms with Crippen molar-refractivity contribution >= 4 is 39.3 Å². The van der Waals surface area contributed by atoms with Crippen LogP contribution < -0.4 is 0 Å². The van der Waals surface area contributed by atoms with Gasteiger partial charge in [-0.05, 0) is 28.1 Å². The van der Waals surface area contributed by atoms with Crippen molar-refractivity contribution in [2.75, 3.05) is 13.7 Å². The number of hydrogen-bond acceptors (Lipinski definition) is 9. The number of ether oxygens (including phenoxy) is 2. The molecule has 1 aliphatic rings. The standard InChI is InChI=1S/C18H17BrClF3N6O4S/c1-32-15-13(29-6-12(25-27-29)28-3-2-11(20)26-28)14(31)10(7-30)33-17(15)34-8-4-9(19)16(24-5-8)18(21,22)23/h2-6,10,13-15,17,30-31H,7H2,1H3/t10?,13-,14-,15?,17+/m0/s1. The third-order valence-corrected chi connectivity index (χ3v) is 6.94. The summed E-state index contributed by atoms with van der Waals surface area (Å²) in [4.78, 5) is 3.85. The molecule has 34 heavy (non-hydrogen) atoms. The third-order valence-electron chi connectivity index (χ3n) is 5.03. The number of hydrogen-bond donors (Lipinski definition) is 2. The summed E-state index contributed by atoms with van der Waals surface area (Å²) in [5, 5.41) is 33.0. The Kier molecular flexibility index (Phi) is 7.52. The second kappa shape index (κ2) is 10.1. The van der Waals surface area contributed by atoms with E-state index in [-0.39, 0.29) is 9.63 Å². The zero-order valence-electron chi connectivity index (χ0n) is 17.2. The SMILES string of the molecule is COC1[C@@H](Sc2cnc(C(F)(F)F)c(Br)c2)OC(CO)[C@H](O)[C@@H]1n1cc(-n2ccc(Cl)n2)nn1. The number of alkyl halides is 3. The third kappa shape index (κ3) is 5.10. The Hall–Kier alpha value is -1.75. The van der Waals surface area contributed by atoms with Crippen LogP contribution in [-0.2, 0) is 15.7 Å². The van der Waals surface area contributed by atoms with Crippen LogP contribution in [0.4, 0.5) is 13.2 Å². The van der Waals surface area contributed by atoms with Crippen LogP contribution in [0.1, 0.15) is 11.7 Å². The van der Waals surface area contributed by atoms with Gasteiger partial charge in [-0.1, -0.05) is 28.6 Å². The van der Waals surface area contributed by atoms with E-state index < -0.39 is 48.3 Å². The van der Waals surface area contributed by atoms with Crippen LogP contribution in [0.2, 0.25) is 5.15 Å². The molecular weight excluding hydrogens is 569 g/mol. The predicted octanol–water partition coefficient (Wildman–Crippen LogP) is 2.72. The minimum absolute atomic E-state index is 0.233. The Morgan fingerprint density at radius 1 is 1.38 bits per heavy atom. The van der Waals surface area contributed by atoms with Gasteiger partial charge in [0.1, 0.15) is 29.8 Å². The lowest BCUT2D eigenvalue weighted by Crippen LogP contribution is -2.55. The van der Waals surface area contributed by atoms with Crippen molar-refractivity contribution in [3.8, 4) is 5.82 Å². The van der Waals surface area contributed by atoms with Gasteiger partial charge in [0.15, 0.2) is 16.7 Å². The summed E-state index contributed by atoms with van der Waals surface area (Å²) in [6.07, 6.45) is -3.54. The van der Waals surface area contributed by atoms with Gasteiger partial charge in [-0.2, -0.15) is 18.3 Å². The molecule has 2 N–H and O–H groups in total. The molecule has 0 saturated carbocycles. The molecule has 4 rings (SSSR count). The molecule has 16 heteroatoms. The Morgan fingerprint density at radius 2 is 2.15 bits per heavy atom. The zero-order chi connectivity index (χ0) is 24.6. The summed E-state index contributed by atoms with van der Waals surface area (Å²) in [6, 6.07) is 1.97. The lowest BCUT2D eigenvalue weighted by atomic mass is 9.97. The molecule has 0 aromatic carbocycles. The molecule has 10 nitrogen and oxygen atoms in total. The first kappa shape index (κ1) is 25.3. The van der Waals surface area contributed by atoms with Crippen LogP contribution in [0.3, 0.4) is 0 Å². The number of methoxy groups -OCH3 is 1. The quantitative estimate of drug-likeness (QED) is 0.450. The maximum Gasteiger partial charge on any atom is 0.434 e. The van der Waals surface area contributed by atoms with Crippen LogP contribution in [-0.4, -0.2) is 77.4 Å². The summed E-state index contributed by atoms with van der Waals surface area (Å²) < 4.78 is 53.0. The lowest BCUT2D eigenvalue weighted by molar-refractivity contribution is -0.186. The van der Waals surface area contributed by atoms with Gasteiger partial charge in [0.2, 0.25) is 0 Å². The van der Waals surface area contributed by atoms with E-state index in [1.165, 1.54) is 28.7 Å². The van der Waals surface area contributed by atoms with Crippen molar-refractivity contribution < 1.29 is 32.9 Å². The van der Waals surface area contributed by atoms with Crippen molar-refractivity contribution in [2.24, 2.45) is 0 Å². The van der Waals surface area contributed by atoms with Crippen molar-refractivity contribution in [3.63, 3.8) is 0 Å². The Labute approximate surface area is 208 Å². The van der Waals surface area contributed by atoms with E-state index >= 15 is 0 Å². The average Bonchev–Trinajstić information content (AvgIpc) is 3.42. The molecule has 0 aliphatic carbocycles. The maximum absolute atomic E-state index is 13.0. The first-order chi connectivity index (χ1) is 16.1. The molecule has 3 aromatic heterocycles. The van der Waals surface area contributed by atoms with Crippen LogP contribution in [0, 0.1) is 0 Å². The normalized spacial score (nSPS) is 25.6. The monoisotopic (exact) mass is 584 g/mol. The van der Waals surface area contributed by atoms with E-state index in [2.05, 4.69) is 36.3 Å². The van der Waals surface area contributed by atoms with E-state index in [0.717, 1.165) is 18.0 Å². The highest BCUT2D eigenvalue weighted by Crippen LogP contribution is 2.41. The van der Waals surface area contributed by atoms with Gasteiger partial charge in [-0.25, -0.2) is 14.3 Å². The number of nitrogens with zero attached hydrogens (tertiary/aromatic N) is 6. The topological polar surface area (TPSA) is 120 Å². The van der Waals surface area contributed by atoms with Gasteiger partial charge in [0.05, 0.1) is 12.8 Å². The number of rotatable bonds is 6. The smallest absolute Gasteiger partial charge is 0.394 e. The second-order valence-corrected chi connectivity index (χ2v) is 9.58. The molecule has 1 saturated heterocycles. The lowest BCUT2D eigenvalue weighted by Gasteiger charge is -2.43. The predicted molar refractivity (Wildman–Crippen MR) is 117 cm³/mol. The maximum atomic E-state index is 13.0. The summed E-state index contributed by atoms with van der Waals surface area (Å²) >= 11 is 9.78. The van der Waals surface area contributed by atoms with Gasteiger partial charge in [-0.3, -0.25) is 0 Å². The fraction of sp³-hybridized carbons (Fsp3) is 0.444. The summed E-state index contributed by atoms with van der Waals surface area (Å²) in [5.74, 6) is 0.320. The first-order valence-corrected chi connectivity index (χ1v) is 11.7. The van der Waals surface area contributed by atoms with Gasteiger partial charge < -0.3 is 19.7 Å². The molecule has 2 unspecified atom stereocenters. The van der Waals surface area contributed by atoms with Gasteiger partial charge in [0, 0.05) is 28.9 Å². The Bertz CT molecular complexity index is 1150. The molecule has 4 heterocycles. The second-order valence-electron chi connectivity index (χ2n) is 7.16. The highest BCUT2D eigenvalue weighted by molar-refractivity contribution is 9.10.